The maximum absolute atomic E-state index is 5.12. The number of fused-ring (bicyclic) bond motifs is 1. The zero-order valence-corrected chi connectivity index (χ0v) is 12.6. The molecule has 2 aliphatic carbocycles. The minimum atomic E-state index is 0.390. The number of nitrogens with zero attached hydrogens (tertiary/aromatic N) is 3. The predicted octanol–water partition coefficient (Wildman–Crippen LogP) is 1.49. The van der Waals surface area contributed by atoms with Crippen LogP contribution in [0.4, 0.5) is 0 Å². The number of hydrogen-bond donors (Lipinski definition) is 1. The summed E-state index contributed by atoms with van der Waals surface area (Å²) >= 11 is 0. The van der Waals surface area contributed by atoms with Crippen molar-refractivity contribution in [3.05, 3.63) is 12.2 Å². The normalized spacial score (nSPS) is 31.5. The summed E-state index contributed by atoms with van der Waals surface area (Å²) in [6.45, 7) is 5.85. The van der Waals surface area contributed by atoms with Crippen LogP contribution in [0.5, 0.6) is 0 Å². The summed E-state index contributed by atoms with van der Waals surface area (Å²) in [5.41, 5.74) is 0.390. The summed E-state index contributed by atoms with van der Waals surface area (Å²) < 4.78 is 7.17. The van der Waals surface area contributed by atoms with E-state index < -0.39 is 0 Å². The highest BCUT2D eigenvalue weighted by Gasteiger charge is 2.53. The minimum absolute atomic E-state index is 0.390. The molecule has 1 aromatic rings. The fourth-order valence-electron chi connectivity index (χ4n) is 3.91. The molecule has 2 aliphatic rings. The molecular formula is C15H26N4O. The second-order valence-corrected chi connectivity index (χ2v) is 6.50. The van der Waals surface area contributed by atoms with Crippen LogP contribution in [0.2, 0.25) is 0 Å². The van der Waals surface area contributed by atoms with E-state index in [0.29, 0.717) is 5.41 Å². The van der Waals surface area contributed by atoms with E-state index in [1.165, 1.54) is 19.3 Å². The molecule has 0 saturated heterocycles. The first-order valence-corrected chi connectivity index (χ1v) is 7.83. The lowest BCUT2D eigenvalue weighted by Crippen LogP contribution is -2.37. The van der Waals surface area contributed by atoms with E-state index in [4.69, 9.17) is 4.74 Å². The molecule has 0 aliphatic heterocycles. The smallest absolute Gasteiger partial charge is 0.138 e. The van der Waals surface area contributed by atoms with Gasteiger partial charge in [0.25, 0.3) is 0 Å². The average Bonchev–Trinajstić information content (AvgIpc) is 2.88. The Morgan fingerprint density at radius 1 is 1.45 bits per heavy atom. The van der Waals surface area contributed by atoms with Crippen molar-refractivity contribution < 1.29 is 4.74 Å². The van der Waals surface area contributed by atoms with E-state index >= 15 is 0 Å². The maximum Gasteiger partial charge on any atom is 0.138 e. The minimum Gasteiger partial charge on any atom is -0.383 e. The van der Waals surface area contributed by atoms with Crippen molar-refractivity contribution in [2.24, 2.45) is 17.3 Å². The van der Waals surface area contributed by atoms with Gasteiger partial charge in [-0.1, -0.05) is 0 Å². The van der Waals surface area contributed by atoms with Crippen molar-refractivity contribution >= 4 is 0 Å². The van der Waals surface area contributed by atoms with Crippen molar-refractivity contribution in [3.8, 4) is 0 Å². The molecule has 2 atom stereocenters. The number of ether oxygens (including phenoxy) is 1. The Kier molecular flexibility index (Phi) is 4.08. The number of methoxy groups -OCH3 is 1. The van der Waals surface area contributed by atoms with E-state index in [1.54, 1.807) is 13.4 Å². The molecule has 0 radical (unpaired) electrons. The first kappa shape index (κ1) is 14.0. The van der Waals surface area contributed by atoms with Gasteiger partial charge in [-0.05, 0) is 43.4 Å². The number of aromatic nitrogens is 3. The highest BCUT2D eigenvalue weighted by Crippen LogP contribution is 2.60. The van der Waals surface area contributed by atoms with Gasteiger partial charge < -0.3 is 10.1 Å². The van der Waals surface area contributed by atoms with Gasteiger partial charge in [-0.25, -0.2) is 4.98 Å². The molecule has 0 spiro atoms. The van der Waals surface area contributed by atoms with Crippen molar-refractivity contribution in [2.45, 2.75) is 39.2 Å². The number of nitrogens with one attached hydrogen (secondary N) is 1. The van der Waals surface area contributed by atoms with Crippen molar-refractivity contribution in [1.29, 1.82) is 0 Å². The third kappa shape index (κ3) is 2.88. The summed E-state index contributed by atoms with van der Waals surface area (Å²) in [7, 11) is 1.76. The molecule has 1 N–H and O–H groups in total. The van der Waals surface area contributed by atoms with E-state index in [0.717, 1.165) is 50.3 Å². The molecule has 1 aromatic heterocycles. The van der Waals surface area contributed by atoms with Crippen LogP contribution in [0.3, 0.4) is 0 Å². The molecule has 112 valence electrons. The topological polar surface area (TPSA) is 52.0 Å². The molecule has 0 bridgehead atoms. The van der Waals surface area contributed by atoms with Gasteiger partial charge in [-0.2, -0.15) is 5.10 Å². The number of rotatable bonds is 8. The zero-order chi connectivity index (χ0) is 14.0. The molecule has 5 heteroatoms. The van der Waals surface area contributed by atoms with Crippen molar-refractivity contribution in [3.63, 3.8) is 0 Å². The number of aryl methyl sites for hydroxylation is 1. The fraction of sp³-hybridized carbons (Fsp3) is 0.867. The molecule has 0 aromatic carbocycles. The molecule has 3 rings (SSSR count). The van der Waals surface area contributed by atoms with E-state index in [1.807, 2.05) is 4.68 Å². The largest absolute Gasteiger partial charge is 0.383 e. The van der Waals surface area contributed by atoms with E-state index in [2.05, 4.69) is 22.3 Å². The summed E-state index contributed by atoms with van der Waals surface area (Å²) in [6, 6.07) is 0. The van der Waals surface area contributed by atoms with Gasteiger partial charge in [0.15, 0.2) is 0 Å². The third-order valence-electron chi connectivity index (χ3n) is 4.97. The van der Waals surface area contributed by atoms with Crippen LogP contribution >= 0.6 is 0 Å². The lowest BCUT2D eigenvalue weighted by molar-refractivity contribution is 0.185. The Morgan fingerprint density at radius 2 is 2.25 bits per heavy atom. The molecular weight excluding hydrogens is 252 g/mol. The highest BCUT2D eigenvalue weighted by molar-refractivity contribution is 5.07. The molecule has 2 unspecified atom stereocenters. The summed E-state index contributed by atoms with van der Waals surface area (Å²) in [4.78, 5) is 4.48. The SMILES string of the molecule is CCn1ncnc1CC1(CNCCOC)CC2CC2C1. The quantitative estimate of drug-likeness (QED) is 0.732. The Bertz CT molecular complexity index is 435. The van der Waals surface area contributed by atoms with Gasteiger partial charge in [0.2, 0.25) is 0 Å². The van der Waals surface area contributed by atoms with Crippen LogP contribution in [0.15, 0.2) is 6.33 Å². The second kappa shape index (κ2) is 5.82. The van der Waals surface area contributed by atoms with E-state index in [-0.39, 0.29) is 0 Å². The van der Waals surface area contributed by atoms with Crippen molar-refractivity contribution in [2.75, 3.05) is 26.8 Å². The molecule has 2 fully saturated rings. The summed E-state index contributed by atoms with van der Waals surface area (Å²) in [5.74, 6) is 3.12. The maximum atomic E-state index is 5.12. The van der Waals surface area contributed by atoms with Crippen LogP contribution in [-0.4, -0.2) is 41.6 Å². The number of hydrogen-bond acceptors (Lipinski definition) is 4. The van der Waals surface area contributed by atoms with Gasteiger partial charge in [-0.15, -0.1) is 0 Å². The van der Waals surface area contributed by atoms with Crippen LogP contribution in [0.25, 0.3) is 0 Å². The lowest BCUT2D eigenvalue weighted by atomic mass is 9.79. The Labute approximate surface area is 121 Å². The van der Waals surface area contributed by atoms with Gasteiger partial charge in [0.1, 0.15) is 12.2 Å². The third-order valence-corrected chi connectivity index (χ3v) is 4.97. The molecule has 5 nitrogen and oxygen atoms in total. The van der Waals surface area contributed by atoms with Crippen LogP contribution in [0, 0.1) is 17.3 Å². The molecule has 20 heavy (non-hydrogen) atoms. The second-order valence-electron chi connectivity index (χ2n) is 6.50. The fourth-order valence-corrected chi connectivity index (χ4v) is 3.91. The standard InChI is InChI=1S/C15H26N4O/c1-3-19-14(17-11-18-19)9-15(10-16-4-5-20-2)7-12-6-13(12)8-15/h11-13,16H,3-10H2,1-2H3. The molecule has 0 amide bonds. The molecule has 2 saturated carbocycles. The van der Waals surface area contributed by atoms with Crippen LogP contribution in [-0.2, 0) is 17.7 Å². The molecule has 1 heterocycles. The van der Waals surface area contributed by atoms with Gasteiger partial charge in [0, 0.05) is 33.2 Å². The average molecular weight is 278 g/mol. The lowest BCUT2D eigenvalue weighted by Gasteiger charge is -2.31. The first-order chi connectivity index (χ1) is 9.76. The van der Waals surface area contributed by atoms with Gasteiger partial charge in [-0.3, -0.25) is 4.68 Å². The summed E-state index contributed by atoms with van der Waals surface area (Å²) in [6.07, 6.45) is 6.93. The van der Waals surface area contributed by atoms with E-state index in [9.17, 15) is 0 Å². The van der Waals surface area contributed by atoms with Crippen LogP contribution < -0.4 is 5.32 Å². The monoisotopic (exact) mass is 278 g/mol. The Balaban J connectivity index is 1.63. The van der Waals surface area contributed by atoms with Gasteiger partial charge in [0.05, 0.1) is 6.61 Å². The Morgan fingerprint density at radius 3 is 2.95 bits per heavy atom. The summed E-state index contributed by atoms with van der Waals surface area (Å²) in [5, 5.41) is 7.89. The first-order valence-electron chi connectivity index (χ1n) is 7.83. The Hall–Kier alpha value is -0.940. The zero-order valence-electron chi connectivity index (χ0n) is 12.6. The predicted molar refractivity (Wildman–Crippen MR) is 77.4 cm³/mol. The highest BCUT2D eigenvalue weighted by atomic mass is 16.5. The van der Waals surface area contributed by atoms with Gasteiger partial charge >= 0.3 is 0 Å². The van der Waals surface area contributed by atoms with Crippen molar-refractivity contribution in [1.82, 2.24) is 20.1 Å². The van der Waals surface area contributed by atoms with Crippen LogP contribution in [0.1, 0.15) is 32.0 Å².